The summed E-state index contributed by atoms with van der Waals surface area (Å²) in [5.41, 5.74) is 5.70. The first-order chi connectivity index (χ1) is 8.45. The van der Waals surface area contributed by atoms with E-state index in [1.807, 2.05) is 25.5 Å². The molecule has 2 atom stereocenters. The minimum absolute atomic E-state index is 0.0135. The van der Waals surface area contributed by atoms with E-state index < -0.39 is 0 Å². The van der Waals surface area contributed by atoms with E-state index in [0.29, 0.717) is 6.42 Å². The summed E-state index contributed by atoms with van der Waals surface area (Å²) >= 11 is 0. The molecule has 100 valence electrons. The lowest BCUT2D eigenvalue weighted by Gasteiger charge is -2.27. The fraction of sp³-hybridized carbons (Fsp3) is 0.769. The lowest BCUT2D eigenvalue weighted by Crippen LogP contribution is -2.42. The van der Waals surface area contributed by atoms with E-state index in [-0.39, 0.29) is 23.3 Å². The van der Waals surface area contributed by atoms with E-state index in [1.54, 1.807) is 0 Å². The van der Waals surface area contributed by atoms with Crippen LogP contribution in [-0.2, 0) is 11.2 Å². The first-order valence-corrected chi connectivity index (χ1v) is 6.62. The second-order valence-corrected chi connectivity index (χ2v) is 5.73. The Kier molecular flexibility index (Phi) is 3.52. The molecule has 0 aromatic carbocycles. The van der Waals surface area contributed by atoms with E-state index in [4.69, 9.17) is 5.73 Å². The number of hydrogen-bond donors (Lipinski definition) is 1. The number of nitrogens with two attached hydrogens (primary N) is 1. The van der Waals surface area contributed by atoms with Crippen LogP contribution in [0, 0.1) is 5.41 Å². The predicted molar refractivity (Wildman–Crippen MR) is 69.1 cm³/mol. The van der Waals surface area contributed by atoms with Gasteiger partial charge in [-0.25, -0.2) is 9.67 Å². The average molecular weight is 250 g/mol. The summed E-state index contributed by atoms with van der Waals surface area (Å²) < 4.78 is 1.81. The molecule has 0 radical (unpaired) electrons. The summed E-state index contributed by atoms with van der Waals surface area (Å²) in [5, 5.41) is 4.16. The number of ketones is 1. The maximum atomic E-state index is 12.5. The molecule has 2 unspecified atom stereocenters. The van der Waals surface area contributed by atoms with E-state index in [2.05, 4.69) is 10.1 Å². The van der Waals surface area contributed by atoms with Crippen molar-refractivity contribution >= 4 is 5.78 Å². The van der Waals surface area contributed by atoms with Gasteiger partial charge in [0.1, 0.15) is 17.9 Å². The Labute approximate surface area is 108 Å². The standard InChI is InChI=1S/C13H22N4O/c1-9(2)17-12(15-8-16-17)7-11(18)13(3)6-4-5-10(13)14/h8-10H,4-7,14H2,1-3H3. The molecule has 0 spiro atoms. The fourth-order valence-corrected chi connectivity index (χ4v) is 2.72. The molecule has 1 aromatic rings. The maximum absolute atomic E-state index is 12.5. The van der Waals surface area contributed by atoms with Crippen LogP contribution in [0.4, 0.5) is 0 Å². The highest BCUT2D eigenvalue weighted by Crippen LogP contribution is 2.38. The van der Waals surface area contributed by atoms with Gasteiger partial charge in [-0.1, -0.05) is 13.3 Å². The summed E-state index contributed by atoms with van der Waals surface area (Å²) in [6.07, 6.45) is 4.73. The van der Waals surface area contributed by atoms with Gasteiger partial charge in [0, 0.05) is 17.5 Å². The van der Waals surface area contributed by atoms with Crippen LogP contribution in [-0.4, -0.2) is 26.6 Å². The maximum Gasteiger partial charge on any atom is 0.147 e. The van der Waals surface area contributed by atoms with Crippen LogP contribution in [0.2, 0.25) is 0 Å². The zero-order valence-electron chi connectivity index (χ0n) is 11.4. The molecule has 1 aromatic heterocycles. The molecule has 1 aliphatic rings. The van der Waals surface area contributed by atoms with Crippen LogP contribution in [0.25, 0.3) is 0 Å². The third-order valence-electron chi connectivity index (χ3n) is 4.12. The van der Waals surface area contributed by atoms with Gasteiger partial charge >= 0.3 is 0 Å². The van der Waals surface area contributed by atoms with Gasteiger partial charge in [-0.15, -0.1) is 0 Å². The summed E-state index contributed by atoms with van der Waals surface area (Å²) in [4.78, 5) is 16.7. The van der Waals surface area contributed by atoms with Crippen LogP contribution in [0.1, 0.15) is 51.9 Å². The van der Waals surface area contributed by atoms with Crippen molar-refractivity contribution in [3.8, 4) is 0 Å². The zero-order chi connectivity index (χ0) is 13.3. The Morgan fingerprint density at radius 2 is 2.39 bits per heavy atom. The van der Waals surface area contributed by atoms with Gasteiger partial charge in [-0.3, -0.25) is 4.79 Å². The highest BCUT2D eigenvalue weighted by molar-refractivity contribution is 5.87. The second-order valence-electron chi connectivity index (χ2n) is 5.73. The Hall–Kier alpha value is -1.23. The smallest absolute Gasteiger partial charge is 0.147 e. The van der Waals surface area contributed by atoms with Gasteiger partial charge < -0.3 is 5.73 Å². The minimum atomic E-state index is -0.381. The molecule has 2 N–H and O–H groups in total. The molecule has 1 saturated carbocycles. The molecule has 1 fully saturated rings. The molecule has 0 saturated heterocycles. The van der Waals surface area contributed by atoms with Crippen molar-refractivity contribution in [3.63, 3.8) is 0 Å². The van der Waals surface area contributed by atoms with Gasteiger partial charge in [0.05, 0.1) is 6.42 Å². The average Bonchev–Trinajstić information content (AvgIpc) is 2.88. The van der Waals surface area contributed by atoms with E-state index >= 15 is 0 Å². The van der Waals surface area contributed by atoms with E-state index in [1.165, 1.54) is 6.33 Å². The number of carbonyl (C=O) groups is 1. The first kappa shape index (κ1) is 13.2. The molecule has 18 heavy (non-hydrogen) atoms. The molecular weight excluding hydrogens is 228 g/mol. The van der Waals surface area contributed by atoms with Gasteiger partial charge in [-0.2, -0.15) is 5.10 Å². The largest absolute Gasteiger partial charge is 0.327 e. The third-order valence-corrected chi connectivity index (χ3v) is 4.12. The first-order valence-electron chi connectivity index (χ1n) is 6.62. The molecule has 1 heterocycles. The minimum Gasteiger partial charge on any atom is -0.327 e. The Morgan fingerprint density at radius 1 is 1.67 bits per heavy atom. The molecule has 0 aliphatic heterocycles. The molecule has 5 nitrogen and oxygen atoms in total. The molecule has 0 bridgehead atoms. The molecular formula is C13H22N4O. The van der Waals surface area contributed by atoms with Crippen molar-refractivity contribution in [3.05, 3.63) is 12.2 Å². The lowest BCUT2D eigenvalue weighted by molar-refractivity contribution is -0.127. The van der Waals surface area contributed by atoms with E-state index in [0.717, 1.165) is 25.1 Å². The van der Waals surface area contributed by atoms with Crippen molar-refractivity contribution in [1.82, 2.24) is 14.8 Å². The van der Waals surface area contributed by atoms with Crippen molar-refractivity contribution < 1.29 is 4.79 Å². The molecule has 5 heteroatoms. The van der Waals surface area contributed by atoms with Crippen LogP contribution >= 0.6 is 0 Å². The van der Waals surface area contributed by atoms with Crippen LogP contribution in [0.5, 0.6) is 0 Å². The quantitative estimate of drug-likeness (QED) is 0.878. The predicted octanol–water partition coefficient (Wildman–Crippen LogP) is 1.49. The van der Waals surface area contributed by atoms with Crippen molar-refractivity contribution in [1.29, 1.82) is 0 Å². The number of aromatic nitrogens is 3. The Morgan fingerprint density at radius 3 is 2.94 bits per heavy atom. The van der Waals surface area contributed by atoms with E-state index in [9.17, 15) is 4.79 Å². The van der Waals surface area contributed by atoms with Gasteiger partial charge in [0.15, 0.2) is 0 Å². The van der Waals surface area contributed by atoms with Crippen molar-refractivity contribution in [2.24, 2.45) is 11.1 Å². The van der Waals surface area contributed by atoms with Crippen molar-refractivity contribution in [2.75, 3.05) is 0 Å². The van der Waals surface area contributed by atoms with Crippen LogP contribution in [0.3, 0.4) is 0 Å². The Balaban J connectivity index is 2.14. The van der Waals surface area contributed by atoms with Crippen LogP contribution < -0.4 is 5.73 Å². The summed E-state index contributed by atoms with van der Waals surface area (Å²) in [5.74, 6) is 0.942. The number of carbonyl (C=O) groups excluding carboxylic acids is 1. The third kappa shape index (κ3) is 2.19. The fourth-order valence-electron chi connectivity index (χ4n) is 2.72. The number of hydrogen-bond acceptors (Lipinski definition) is 4. The SMILES string of the molecule is CC(C)n1ncnc1CC(=O)C1(C)CCCC1N. The van der Waals surface area contributed by atoms with Crippen molar-refractivity contribution in [2.45, 2.75) is 58.5 Å². The molecule has 1 aliphatic carbocycles. The van der Waals surface area contributed by atoms with Gasteiger partial charge in [0.25, 0.3) is 0 Å². The topological polar surface area (TPSA) is 73.8 Å². The summed E-state index contributed by atoms with van der Waals surface area (Å²) in [6.45, 7) is 6.06. The Bertz CT molecular complexity index is 440. The van der Waals surface area contributed by atoms with Crippen LogP contribution in [0.15, 0.2) is 6.33 Å². The molecule has 0 amide bonds. The number of rotatable bonds is 4. The monoisotopic (exact) mass is 250 g/mol. The second kappa shape index (κ2) is 4.80. The summed E-state index contributed by atoms with van der Waals surface area (Å²) in [6, 6.07) is 0.209. The number of nitrogens with zero attached hydrogens (tertiary/aromatic N) is 3. The normalized spacial score (nSPS) is 27.9. The highest BCUT2D eigenvalue weighted by atomic mass is 16.1. The van der Waals surface area contributed by atoms with Gasteiger partial charge in [0.2, 0.25) is 0 Å². The van der Waals surface area contributed by atoms with Gasteiger partial charge in [-0.05, 0) is 26.7 Å². The highest BCUT2D eigenvalue weighted by Gasteiger charge is 2.42. The number of Topliss-reactive ketones (excluding diaryl/α,β-unsaturated/α-hetero) is 1. The zero-order valence-corrected chi connectivity index (χ0v) is 11.4. The lowest BCUT2D eigenvalue weighted by atomic mass is 9.79. The summed E-state index contributed by atoms with van der Waals surface area (Å²) in [7, 11) is 0. The molecule has 2 rings (SSSR count).